The zero-order valence-corrected chi connectivity index (χ0v) is 12.1. The van der Waals surface area contributed by atoms with Gasteiger partial charge in [-0.25, -0.2) is 0 Å². The molecule has 0 amide bonds. The normalized spacial score (nSPS) is 18.9. The lowest BCUT2D eigenvalue weighted by molar-refractivity contribution is 0.161. The van der Waals surface area contributed by atoms with Crippen LogP contribution >= 0.6 is 15.9 Å². The molecule has 0 saturated carbocycles. The number of nitrogens with zero attached hydrogens (tertiary/aromatic N) is 2. The highest BCUT2D eigenvalue weighted by atomic mass is 79.9. The zero-order valence-electron chi connectivity index (χ0n) is 10.5. The van der Waals surface area contributed by atoms with E-state index in [0.717, 1.165) is 48.3 Å². The predicted octanol–water partition coefficient (Wildman–Crippen LogP) is 2.93. The number of rotatable bonds is 4. The predicted molar refractivity (Wildman–Crippen MR) is 76.0 cm³/mol. The number of hydrogen-bond acceptors (Lipinski definition) is 3. The van der Waals surface area contributed by atoms with Crippen LogP contribution in [0.25, 0.3) is 0 Å². The van der Waals surface area contributed by atoms with Crippen LogP contribution in [-0.2, 0) is 10.1 Å². The van der Waals surface area contributed by atoms with Crippen LogP contribution in [0.5, 0.6) is 0 Å². The molecule has 2 rings (SSSR count). The number of alkyl halides is 1. The molecule has 3 nitrogen and oxygen atoms in total. The van der Waals surface area contributed by atoms with Crippen molar-refractivity contribution in [2.45, 2.75) is 11.8 Å². The third-order valence-electron chi connectivity index (χ3n) is 3.36. The fourth-order valence-electron chi connectivity index (χ4n) is 2.45. The molecule has 96 valence electrons. The highest BCUT2D eigenvalue weighted by Gasteiger charge is 2.24. The Kier molecular flexibility index (Phi) is 4.62. The van der Waals surface area contributed by atoms with Crippen LogP contribution in [0.15, 0.2) is 18.2 Å². The monoisotopic (exact) mass is 308 g/mol. The first-order chi connectivity index (χ1) is 8.78. The van der Waals surface area contributed by atoms with Crippen LogP contribution < -0.4 is 4.90 Å². The summed E-state index contributed by atoms with van der Waals surface area (Å²) in [5.74, 6) is 0.581. The summed E-state index contributed by atoms with van der Waals surface area (Å²) in [5, 5.41) is 10.0. The minimum atomic E-state index is 0.581. The maximum absolute atomic E-state index is 9.25. The molecule has 4 heteroatoms. The molecule has 1 unspecified atom stereocenters. The summed E-state index contributed by atoms with van der Waals surface area (Å²) in [7, 11) is 1.74. The molecule has 0 bridgehead atoms. The molecule has 1 aliphatic rings. The van der Waals surface area contributed by atoms with Gasteiger partial charge in [0.2, 0.25) is 0 Å². The summed E-state index contributed by atoms with van der Waals surface area (Å²) in [5.41, 5.74) is 2.97. The van der Waals surface area contributed by atoms with Gasteiger partial charge in [0.25, 0.3) is 0 Å². The Labute approximate surface area is 116 Å². The molecule has 0 aliphatic carbocycles. The zero-order chi connectivity index (χ0) is 13.0. The maximum Gasteiger partial charge on any atom is 0.101 e. The summed E-state index contributed by atoms with van der Waals surface area (Å²) in [6.45, 7) is 2.80. The fourth-order valence-corrected chi connectivity index (χ4v) is 2.80. The standard InChI is InChI=1S/C14H17BrN2O/c1-18-10-12-4-5-17(9-12)14-3-2-11(7-15)6-13(14)8-16/h2-3,6,12H,4-5,7,9-10H2,1H3. The number of hydrogen-bond donors (Lipinski definition) is 0. The lowest BCUT2D eigenvalue weighted by Crippen LogP contribution is -2.21. The molecule has 1 aliphatic heterocycles. The first-order valence-corrected chi connectivity index (χ1v) is 7.23. The van der Waals surface area contributed by atoms with Gasteiger partial charge in [-0.1, -0.05) is 22.0 Å². The lowest BCUT2D eigenvalue weighted by atomic mass is 10.1. The van der Waals surface area contributed by atoms with Gasteiger partial charge in [-0.05, 0) is 24.1 Å². The van der Waals surface area contributed by atoms with Crippen molar-refractivity contribution < 1.29 is 4.74 Å². The molecule has 0 N–H and O–H groups in total. The molecular formula is C14H17BrN2O. The van der Waals surface area contributed by atoms with Gasteiger partial charge in [0.15, 0.2) is 0 Å². The Balaban J connectivity index is 2.17. The molecule has 1 atom stereocenters. The van der Waals surface area contributed by atoms with Crippen LogP contribution in [0, 0.1) is 17.2 Å². The van der Waals surface area contributed by atoms with Gasteiger partial charge >= 0.3 is 0 Å². The van der Waals surface area contributed by atoms with Crippen LogP contribution in [0.1, 0.15) is 17.5 Å². The SMILES string of the molecule is COCC1CCN(c2ccc(CBr)cc2C#N)C1. The minimum Gasteiger partial charge on any atom is -0.384 e. The van der Waals surface area contributed by atoms with Crippen molar-refractivity contribution in [2.24, 2.45) is 5.92 Å². The van der Waals surface area contributed by atoms with Gasteiger partial charge in [-0.15, -0.1) is 0 Å². The van der Waals surface area contributed by atoms with E-state index in [1.807, 2.05) is 6.07 Å². The minimum absolute atomic E-state index is 0.581. The van der Waals surface area contributed by atoms with Crippen molar-refractivity contribution in [2.75, 3.05) is 31.7 Å². The van der Waals surface area contributed by atoms with E-state index in [4.69, 9.17) is 4.74 Å². The van der Waals surface area contributed by atoms with E-state index in [0.29, 0.717) is 5.92 Å². The second kappa shape index (κ2) is 6.21. The second-order valence-electron chi connectivity index (χ2n) is 4.65. The van der Waals surface area contributed by atoms with E-state index < -0.39 is 0 Å². The molecule has 1 fully saturated rings. The van der Waals surface area contributed by atoms with Crippen molar-refractivity contribution in [3.8, 4) is 6.07 Å². The number of benzene rings is 1. The Bertz CT molecular complexity index is 456. The first kappa shape index (κ1) is 13.4. The molecule has 1 heterocycles. The molecule has 0 radical (unpaired) electrons. The van der Waals surface area contributed by atoms with Gasteiger partial charge in [-0.3, -0.25) is 0 Å². The van der Waals surface area contributed by atoms with Crippen LogP contribution in [0.2, 0.25) is 0 Å². The highest BCUT2D eigenvalue weighted by molar-refractivity contribution is 9.08. The van der Waals surface area contributed by atoms with Crippen LogP contribution in [0.4, 0.5) is 5.69 Å². The molecule has 1 aromatic carbocycles. The van der Waals surface area contributed by atoms with Gasteiger partial charge in [0.05, 0.1) is 17.9 Å². The number of halogens is 1. The van der Waals surface area contributed by atoms with Gasteiger partial charge in [0, 0.05) is 31.4 Å². The molecule has 18 heavy (non-hydrogen) atoms. The fraction of sp³-hybridized carbons (Fsp3) is 0.500. The number of anilines is 1. The van der Waals surface area contributed by atoms with Gasteiger partial charge in [-0.2, -0.15) is 5.26 Å². The third-order valence-corrected chi connectivity index (χ3v) is 4.01. The van der Waals surface area contributed by atoms with E-state index >= 15 is 0 Å². The first-order valence-electron chi connectivity index (χ1n) is 6.11. The second-order valence-corrected chi connectivity index (χ2v) is 5.21. The Morgan fingerprint density at radius 2 is 2.39 bits per heavy atom. The van der Waals surface area contributed by atoms with Crippen LogP contribution in [-0.4, -0.2) is 26.8 Å². The van der Waals surface area contributed by atoms with Crippen molar-refractivity contribution >= 4 is 21.6 Å². The van der Waals surface area contributed by atoms with E-state index in [2.05, 4.69) is 39.0 Å². The Hall–Kier alpha value is -1.05. The Morgan fingerprint density at radius 1 is 1.56 bits per heavy atom. The summed E-state index contributed by atoms with van der Waals surface area (Å²) < 4.78 is 5.21. The topological polar surface area (TPSA) is 36.3 Å². The van der Waals surface area contributed by atoms with Gasteiger partial charge in [0.1, 0.15) is 6.07 Å². The summed E-state index contributed by atoms with van der Waals surface area (Å²) in [6.07, 6.45) is 1.14. The summed E-state index contributed by atoms with van der Waals surface area (Å²) >= 11 is 3.42. The number of methoxy groups -OCH3 is 1. The largest absolute Gasteiger partial charge is 0.384 e. The molecule has 0 aromatic heterocycles. The molecule has 1 saturated heterocycles. The summed E-state index contributed by atoms with van der Waals surface area (Å²) in [6, 6.07) is 8.40. The molecule has 0 spiro atoms. The number of ether oxygens (including phenoxy) is 1. The average Bonchev–Trinajstić information content (AvgIpc) is 2.87. The molecule has 1 aromatic rings. The van der Waals surface area contributed by atoms with E-state index in [1.165, 1.54) is 0 Å². The Morgan fingerprint density at radius 3 is 3.06 bits per heavy atom. The smallest absolute Gasteiger partial charge is 0.101 e. The third kappa shape index (κ3) is 2.85. The van der Waals surface area contributed by atoms with E-state index in [9.17, 15) is 5.26 Å². The highest BCUT2D eigenvalue weighted by Crippen LogP contribution is 2.28. The summed E-state index contributed by atoms with van der Waals surface area (Å²) in [4.78, 5) is 2.29. The maximum atomic E-state index is 9.25. The van der Waals surface area contributed by atoms with Crippen molar-refractivity contribution in [3.05, 3.63) is 29.3 Å². The average molecular weight is 309 g/mol. The van der Waals surface area contributed by atoms with Crippen LogP contribution in [0.3, 0.4) is 0 Å². The molecular weight excluding hydrogens is 292 g/mol. The van der Waals surface area contributed by atoms with Crippen molar-refractivity contribution in [1.29, 1.82) is 5.26 Å². The number of nitriles is 1. The van der Waals surface area contributed by atoms with E-state index in [-0.39, 0.29) is 0 Å². The van der Waals surface area contributed by atoms with Crippen molar-refractivity contribution in [1.82, 2.24) is 0 Å². The van der Waals surface area contributed by atoms with E-state index in [1.54, 1.807) is 7.11 Å². The quantitative estimate of drug-likeness (QED) is 0.802. The lowest BCUT2D eigenvalue weighted by Gasteiger charge is -2.20. The van der Waals surface area contributed by atoms with Gasteiger partial charge < -0.3 is 9.64 Å². The van der Waals surface area contributed by atoms with Crippen molar-refractivity contribution in [3.63, 3.8) is 0 Å².